The average molecular weight is 295 g/mol. The molecule has 0 aliphatic heterocycles. The molecule has 1 aromatic rings. The second-order valence-corrected chi connectivity index (χ2v) is 6.24. The molecule has 0 unspecified atom stereocenters. The standard InChI is InChI=1S/C13H17N3O3S/c1-11(17)15-12-6-5-7-13(10-12)16(20(2,18)19)9-4-3-8-14/h5-7,10H,3-4,9H2,1-2H3,(H,15,17). The van der Waals surface area contributed by atoms with E-state index in [9.17, 15) is 13.2 Å². The van der Waals surface area contributed by atoms with Crippen LogP contribution in [0.15, 0.2) is 24.3 Å². The molecule has 0 fully saturated rings. The second kappa shape index (κ2) is 6.91. The van der Waals surface area contributed by atoms with Crippen molar-refractivity contribution in [1.29, 1.82) is 5.26 Å². The summed E-state index contributed by atoms with van der Waals surface area (Å²) in [6.07, 6.45) is 1.86. The lowest BCUT2D eigenvalue weighted by molar-refractivity contribution is -0.114. The van der Waals surface area contributed by atoms with Crippen LogP contribution < -0.4 is 9.62 Å². The van der Waals surface area contributed by atoms with Gasteiger partial charge in [0.2, 0.25) is 15.9 Å². The molecule has 1 aromatic carbocycles. The SMILES string of the molecule is CC(=O)Nc1cccc(N(CCCC#N)S(C)(=O)=O)c1. The number of benzene rings is 1. The molecule has 0 atom stereocenters. The Morgan fingerprint density at radius 1 is 1.45 bits per heavy atom. The summed E-state index contributed by atoms with van der Waals surface area (Å²) < 4.78 is 24.9. The van der Waals surface area contributed by atoms with Gasteiger partial charge in [-0.3, -0.25) is 9.10 Å². The number of sulfonamides is 1. The van der Waals surface area contributed by atoms with E-state index in [1.165, 1.54) is 11.2 Å². The highest BCUT2D eigenvalue weighted by molar-refractivity contribution is 7.92. The van der Waals surface area contributed by atoms with Crippen LogP contribution in [-0.4, -0.2) is 27.1 Å². The van der Waals surface area contributed by atoms with Crippen molar-refractivity contribution in [3.05, 3.63) is 24.3 Å². The highest BCUT2D eigenvalue weighted by Crippen LogP contribution is 2.22. The quantitative estimate of drug-likeness (QED) is 0.809. The van der Waals surface area contributed by atoms with Gasteiger partial charge in [-0.2, -0.15) is 5.26 Å². The first kappa shape index (κ1) is 16.0. The maximum absolute atomic E-state index is 11.8. The van der Waals surface area contributed by atoms with Crippen molar-refractivity contribution in [3.8, 4) is 6.07 Å². The van der Waals surface area contributed by atoms with Crippen molar-refractivity contribution in [2.45, 2.75) is 19.8 Å². The molecule has 1 rings (SSSR count). The summed E-state index contributed by atoms with van der Waals surface area (Å²) in [6, 6.07) is 8.58. The van der Waals surface area contributed by atoms with E-state index >= 15 is 0 Å². The molecule has 6 nitrogen and oxygen atoms in total. The topological polar surface area (TPSA) is 90.3 Å². The normalized spacial score (nSPS) is 10.7. The van der Waals surface area contributed by atoms with Gasteiger partial charge in [0.25, 0.3) is 0 Å². The van der Waals surface area contributed by atoms with Gasteiger partial charge >= 0.3 is 0 Å². The predicted molar refractivity (Wildman–Crippen MR) is 77.8 cm³/mol. The number of hydrogen-bond acceptors (Lipinski definition) is 4. The fourth-order valence-corrected chi connectivity index (χ4v) is 2.69. The van der Waals surface area contributed by atoms with E-state index in [2.05, 4.69) is 5.32 Å². The Hall–Kier alpha value is -2.07. The van der Waals surface area contributed by atoms with Crippen molar-refractivity contribution < 1.29 is 13.2 Å². The number of nitrogens with one attached hydrogen (secondary N) is 1. The van der Waals surface area contributed by atoms with Crippen LogP contribution in [-0.2, 0) is 14.8 Å². The minimum absolute atomic E-state index is 0.225. The van der Waals surface area contributed by atoms with Crippen LogP contribution in [0.25, 0.3) is 0 Å². The van der Waals surface area contributed by atoms with Gasteiger partial charge in [-0.15, -0.1) is 0 Å². The molecule has 0 radical (unpaired) electrons. The lowest BCUT2D eigenvalue weighted by atomic mass is 10.2. The number of rotatable bonds is 6. The Morgan fingerprint density at radius 2 is 2.15 bits per heavy atom. The zero-order chi connectivity index (χ0) is 15.2. The first-order chi connectivity index (χ1) is 9.34. The molecule has 1 amide bonds. The van der Waals surface area contributed by atoms with Gasteiger partial charge in [-0.1, -0.05) is 6.07 Å². The van der Waals surface area contributed by atoms with Crippen molar-refractivity contribution in [3.63, 3.8) is 0 Å². The number of anilines is 2. The number of nitriles is 1. The number of carbonyl (C=O) groups is 1. The van der Waals surface area contributed by atoms with Crippen LogP contribution >= 0.6 is 0 Å². The van der Waals surface area contributed by atoms with Crippen molar-refractivity contribution >= 4 is 27.3 Å². The molecule has 0 bridgehead atoms. The van der Waals surface area contributed by atoms with Crippen LogP contribution in [0.5, 0.6) is 0 Å². The molecule has 0 aliphatic carbocycles. The molecule has 0 saturated heterocycles. The highest BCUT2D eigenvalue weighted by atomic mass is 32.2. The first-order valence-electron chi connectivity index (χ1n) is 6.07. The maximum atomic E-state index is 11.8. The van der Waals surface area contributed by atoms with Gasteiger partial charge in [0.15, 0.2) is 0 Å². The van der Waals surface area contributed by atoms with E-state index in [-0.39, 0.29) is 18.9 Å². The lowest BCUT2D eigenvalue weighted by Crippen LogP contribution is -2.30. The zero-order valence-corrected chi connectivity index (χ0v) is 12.3. The van der Waals surface area contributed by atoms with E-state index in [0.717, 1.165) is 6.26 Å². The second-order valence-electron chi connectivity index (χ2n) is 4.33. The van der Waals surface area contributed by atoms with Gasteiger partial charge in [0.05, 0.1) is 18.0 Å². The van der Waals surface area contributed by atoms with Crippen LogP contribution in [0, 0.1) is 11.3 Å². The lowest BCUT2D eigenvalue weighted by Gasteiger charge is -2.22. The van der Waals surface area contributed by atoms with Gasteiger partial charge in [0.1, 0.15) is 0 Å². The minimum atomic E-state index is -3.43. The zero-order valence-electron chi connectivity index (χ0n) is 11.5. The van der Waals surface area contributed by atoms with Crippen LogP contribution in [0.2, 0.25) is 0 Å². The van der Waals surface area contributed by atoms with E-state index in [4.69, 9.17) is 5.26 Å². The summed E-state index contributed by atoms with van der Waals surface area (Å²) in [5.41, 5.74) is 1.00. The van der Waals surface area contributed by atoms with Gasteiger partial charge in [0, 0.05) is 25.6 Å². The van der Waals surface area contributed by atoms with Crippen LogP contribution in [0.3, 0.4) is 0 Å². The molecule has 0 aliphatic rings. The van der Waals surface area contributed by atoms with E-state index in [1.807, 2.05) is 6.07 Å². The fourth-order valence-electron chi connectivity index (χ4n) is 1.73. The largest absolute Gasteiger partial charge is 0.326 e. The molecule has 0 heterocycles. The van der Waals surface area contributed by atoms with E-state index < -0.39 is 10.0 Å². The molecule has 0 saturated carbocycles. The highest BCUT2D eigenvalue weighted by Gasteiger charge is 2.17. The molecular formula is C13H17N3O3S. The van der Waals surface area contributed by atoms with Crippen molar-refractivity contribution in [2.75, 3.05) is 22.4 Å². The van der Waals surface area contributed by atoms with E-state index in [0.29, 0.717) is 17.8 Å². The molecule has 0 aromatic heterocycles. The Kier molecular flexibility index (Phi) is 5.53. The first-order valence-corrected chi connectivity index (χ1v) is 7.91. The van der Waals surface area contributed by atoms with Crippen LogP contribution in [0.1, 0.15) is 19.8 Å². The van der Waals surface area contributed by atoms with Crippen molar-refractivity contribution in [2.24, 2.45) is 0 Å². The Balaban J connectivity index is 3.02. The molecule has 20 heavy (non-hydrogen) atoms. The number of hydrogen-bond donors (Lipinski definition) is 1. The van der Waals surface area contributed by atoms with Gasteiger partial charge in [-0.05, 0) is 24.6 Å². The Labute approximate surface area is 119 Å². The van der Waals surface area contributed by atoms with Crippen molar-refractivity contribution in [1.82, 2.24) is 0 Å². The Morgan fingerprint density at radius 3 is 2.70 bits per heavy atom. The summed E-state index contributed by atoms with van der Waals surface area (Å²) in [7, 11) is -3.43. The third kappa shape index (κ3) is 4.90. The number of unbranched alkanes of at least 4 members (excludes halogenated alkanes) is 1. The third-order valence-corrected chi connectivity index (χ3v) is 3.70. The number of carbonyl (C=O) groups excluding carboxylic acids is 1. The summed E-state index contributed by atoms with van der Waals surface area (Å²) in [6.45, 7) is 1.61. The Bertz CT molecular complexity index is 620. The maximum Gasteiger partial charge on any atom is 0.232 e. The predicted octanol–water partition coefficient (Wildman–Crippen LogP) is 1.71. The number of nitrogens with zero attached hydrogens (tertiary/aromatic N) is 2. The summed E-state index contributed by atoms with van der Waals surface area (Å²) in [5, 5.41) is 11.1. The van der Waals surface area contributed by atoms with Gasteiger partial charge < -0.3 is 5.32 Å². The molecule has 1 N–H and O–H groups in total. The summed E-state index contributed by atoms with van der Waals surface area (Å²) in [5.74, 6) is -0.225. The third-order valence-electron chi connectivity index (χ3n) is 2.50. The van der Waals surface area contributed by atoms with Crippen LogP contribution in [0.4, 0.5) is 11.4 Å². The molecule has 7 heteroatoms. The van der Waals surface area contributed by atoms with E-state index in [1.54, 1.807) is 24.3 Å². The molecule has 0 spiro atoms. The fraction of sp³-hybridized carbons (Fsp3) is 0.385. The monoisotopic (exact) mass is 295 g/mol. The summed E-state index contributed by atoms with van der Waals surface area (Å²) in [4.78, 5) is 11.0. The minimum Gasteiger partial charge on any atom is -0.326 e. The smallest absolute Gasteiger partial charge is 0.232 e. The number of amides is 1. The summed E-state index contributed by atoms with van der Waals surface area (Å²) >= 11 is 0. The molecule has 108 valence electrons. The van der Waals surface area contributed by atoms with Gasteiger partial charge in [-0.25, -0.2) is 8.42 Å². The molecular weight excluding hydrogens is 278 g/mol. The average Bonchev–Trinajstić information content (AvgIpc) is 2.32.